The van der Waals surface area contributed by atoms with E-state index in [0.717, 1.165) is 11.3 Å². The van der Waals surface area contributed by atoms with Gasteiger partial charge in [0.2, 0.25) is 0 Å². The van der Waals surface area contributed by atoms with Crippen LogP contribution in [0.3, 0.4) is 0 Å². The summed E-state index contributed by atoms with van der Waals surface area (Å²) in [5.41, 5.74) is 0.927. The molecule has 2 amide bonds. The van der Waals surface area contributed by atoms with Gasteiger partial charge in [0.05, 0.1) is 15.0 Å². The van der Waals surface area contributed by atoms with Gasteiger partial charge in [-0.15, -0.1) is 11.3 Å². The Kier molecular flexibility index (Phi) is 6.86. The molecule has 0 aliphatic carbocycles. The van der Waals surface area contributed by atoms with E-state index in [0.29, 0.717) is 22.0 Å². The van der Waals surface area contributed by atoms with Gasteiger partial charge in [0.15, 0.2) is 0 Å². The number of amides is 2. The number of carbonyl (C=O) groups excluding carboxylic acids is 1. The molecule has 0 aliphatic rings. The molecule has 4 aromatic rings. The van der Waals surface area contributed by atoms with Gasteiger partial charge in [-0.25, -0.2) is 17.9 Å². The number of aromatic nitrogens is 1. The number of halogens is 2. The zero-order valence-electron chi connectivity index (χ0n) is 17.9. The SMILES string of the molecule is CNC(=N)c1ccc2c(=O)n(-c3ccc(NC(=O)NS(=O)(=O)c4ccc(Cl)s4)cc3Cl)ccc2c1. The number of anilines is 1. The van der Waals surface area contributed by atoms with Crippen molar-refractivity contribution in [1.82, 2.24) is 14.6 Å². The number of benzene rings is 2. The van der Waals surface area contributed by atoms with Crippen molar-refractivity contribution in [3.8, 4) is 5.69 Å². The van der Waals surface area contributed by atoms with Crippen LogP contribution in [0.5, 0.6) is 0 Å². The van der Waals surface area contributed by atoms with Gasteiger partial charge in [-0.3, -0.25) is 14.8 Å². The van der Waals surface area contributed by atoms with Gasteiger partial charge in [0.1, 0.15) is 10.0 Å². The second-order valence-electron chi connectivity index (χ2n) is 7.20. The molecule has 0 bridgehead atoms. The van der Waals surface area contributed by atoms with Crippen LogP contribution in [0, 0.1) is 5.41 Å². The summed E-state index contributed by atoms with van der Waals surface area (Å²) < 4.78 is 28.0. The Labute approximate surface area is 213 Å². The van der Waals surface area contributed by atoms with E-state index in [9.17, 15) is 18.0 Å². The van der Waals surface area contributed by atoms with E-state index in [-0.39, 0.29) is 30.7 Å². The Balaban J connectivity index is 1.57. The third kappa shape index (κ3) is 5.17. The number of nitrogens with zero attached hydrogens (tertiary/aromatic N) is 1. The normalized spacial score (nSPS) is 11.3. The van der Waals surface area contributed by atoms with E-state index in [1.165, 1.54) is 34.9 Å². The number of sulfonamides is 1. The number of amidine groups is 1. The van der Waals surface area contributed by atoms with Crippen molar-refractivity contribution in [3.05, 3.63) is 86.1 Å². The Morgan fingerprint density at radius 1 is 1.06 bits per heavy atom. The van der Waals surface area contributed by atoms with E-state index < -0.39 is 16.1 Å². The van der Waals surface area contributed by atoms with Gasteiger partial charge in [-0.1, -0.05) is 29.3 Å². The summed E-state index contributed by atoms with van der Waals surface area (Å²) in [7, 11) is -2.43. The lowest BCUT2D eigenvalue weighted by Gasteiger charge is -2.12. The maximum absolute atomic E-state index is 13.1. The Bertz CT molecular complexity index is 1650. The summed E-state index contributed by atoms with van der Waals surface area (Å²) in [6.45, 7) is 0. The Morgan fingerprint density at radius 3 is 2.49 bits per heavy atom. The minimum Gasteiger partial charge on any atom is -0.373 e. The van der Waals surface area contributed by atoms with Crippen molar-refractivity contribution in [2.45, 2.75) is 4.21 Å². The van der Waals surface area contributed by atoms with Crippen molar-refractivity contribution < 1.29 is 13.2 Å². The van der Waals surface area contributed by atoms with Gasteiger partial charge in [-0.2, -0.15) is 0 Å². The first-order chi connectivity index (χ1) is 16.6. The Morgan fingerprint density at radius 2 is 1.83 bits per heavy atom. The quantitative estimate of drug-likeness (QED) is 0.216. The number of pyridine rings is 1. The first-order valence-electron chi connectivity index (χ1n) is 9.90. The largest absolute Gasteiger partial charge is 0.373 e. The zero-order valence-corrected chi connectivity index (χ0v) is 21.1. The van der Waals surface area contributed by atoms with Crippen LogP contribution in [-0.4, -0.2) is 31.9 Å². The predicted molar refractivity (Wildman–Crippen MR) is 139 cm³/mol. The van der Waals surface area contributed by atoms with Crippen molar-refractivity contribution in [3.63, 3.8) is 0 Å². The van der Waals surface area contributed by atoms with Crippen LogP contribution in [0.1, 0.15) is 5.56 Å². The number of hydrogen-bond acceptors (Lipinski definition) is 6. The molecule has 35 heavy (non-hydrogen) atoms. The molecule has 0 spiro atoms. The highest BCUT2D eigenvalue weighted by molar-refractivity contribution is 7.92. The molecule has 180 valence electrons. The number of thiophene rings is 1. The number of rotatable bonds is 5. The van der Waals surface area contributed by atoms with Gasteiger partial charge in [0, 0.05) is 29.9 Å². The van der Waals surface area contributed by atoms with Gasteiger partial charge in [0.25, 0.3) is 15.6 Å². The standard InChI is InChI=1S/C22H17Cl2N5O4S2/c1-26-20(25)13-2-4-15-12(10-13)8-9-29(21(15)30)17-5-3-14(11-16(17)23)27-22(31)28-35(32,33)19-7-6-18(24)34-19/h2-11H,1H3,(H2,25,26)(H2,27,28,31). The topological polar surface area (TPSA) is 133 Å². The minimum atomic E-state index is -4.08. The number of fused-ring (bicyclic) bond motifs is 1. The van der Waals surface area contributed by atoms with Crippen LogP contribution in [0.4, 0.5) is 10.5 Å². The Hall–Kier alpha value is -3.38. The number of urea groups is 1. The minimum absolute atomic E-state index is 0.100. The number of carbonyl (C=O) groups is 1. The molecule has 0 fully saturated rings. The molecule has 0 saturated heterocycles. The van der Waals surface area contributed by atoms with E-state index in [1.807, 2.05) is 4.72 Å². The van der Waals surface area contributed by atoms with Gasteiger partial charge < -0.3 is 10.6 Å². The fourth-order valence-electron chi connectivity index (χ4n) is 3.29. The average molecular weight is 550 g/mol. The van der Waals surface area contributed by atoms with E-state index >= 15 is 0 Å². The zero-order chi connectivity index (χ0) is 25.3. The smallest absolute Gasteiger partial charge is 0.333 e. The second-order valence-corrected chi connectivity index (χ2v) is 11.2. The molecule has 2 aromatic carbocycles. The summed E-state index contributed by atoms with van der Waals surface area (Å²) in [5, 5.41) is 14.3. The molecular weight excluding hydrogens is 533 g/mol. The van der Waals surface area contributed by atoms with Crippen LogP contribution in [0.25, 0.3) is 16.5 Å². The molecule has 13 heteroatoms. The van der Waals surface area contributed by atoms with Crippen LogP contribution < -0.4 is 20.9 Å². The molecular formula is C22H17Cl2N5O4S2. The molecule has 0 atom stereocenters. The third-order valence-electron chi connectivity index (χ3n) is 4.95. The van der Waals surface area contributed by atoms with Crippen LogP contribution in [-0.2, 0) is 10.0 Å². The fraction of sp³-hybridized carbons (Fsp3) is 0.0455. The fourth-order valence-corrected chi connectivity index (χ4v) is 5.95. The number of hydrogen-bond donors (Lipinski definition) is 4. The lowest BCUT2D eigenvalue weighted by Crippen LogP contribution is -2.33. The maximum atomic E-state index is 13.1. The van der Waals surface area contributed by atoms with E-state index in [4.69, 9.17) is 28.6 Å². The number of nitrogens with one attached hydrogen (secondary N) is 4. The predicted octanol–water partition coefficient (Wildman–Crippen LogP) is 4.41. The van der Waals surface area contributed by atoms with Crippen molar-refractivity contribution >= 4 is 72.9 Å². The van der Waals surface area contributed by atoms with Crippen molar-refractivity contribution in [2.24, 2.45) is 0 Å². The van der Waals surface area contributed by atoms with Crippen LogP contribution in [0.2, 0.25) is 9.36 Å². The molecule has 0 unspecified atom stereocenters. The van der Waals surface area contributed by atoms with Gasteiger partial charge >= 0.3 is 6.03 Å². The van der Waals surface area contributed by atoms with E-state index in [1.54, 1.807) is 37.5 Å². The molecule has 4 N–H and O–H groups in total. The lowest BCUT2D eigenvalue weighted by molar-refractivity contribution is 0.256. The molecule has 4 rings (SSSR count). The first-order valence-corrected chi connectivity index (χ1v) is 13.0. The molecule has 2 aromatic heterocycles. The highest BCUT2D eigenvalue weighted by Gasteiger charge is 2.20. The second kappa shape index (κ2) is 9.70. The molecule has 9 nitrogen and oxygen atoms in total. The van der Waals surface area contributed by atoms with Crippen molar-refractivity contribution in [2.75, 3.05) is 12.4 Å². The molecule has 0 aliphatic heterocycles. The monoisotopic (exact) mass is 549 g/mol. The van der Waals surface area contributed by atoms with Gasteiger partial charge in [-0.05, 0) is 53.9 Å². The van der Waals surface area contributed by atoms with E-state index in [2.05, 4.69) is 10.6 Å². The van der Waals surface area contributed by atoms with Crippen LogP contribution >= 0.6 is 34.5 Å². The highest BCUT2D eigenvalue weighted by atomic mass is 35.5. The molecule has 2 heterocycles. The highest BCUT2D eigenvalue weighted by Crippen LogP contribution is 2.26. The van der Waals surface area contributed by atoms with Crippen molar-refractivity contribution in [1.29, 1.82) is 5.41 Å². The summed E-state index contributed by atoms with van der Waals surface area (Å²) in [6.07, 6.45) is 1.57. The maximum Gasteiger partial charge on any atom is 0.333 e. The van der Waals surface area contributed by atoms with Crippen LogP contribution in [0.15, 0.2) is 69.8 Å². The first kappa shape index (κ1) is 24.7. The third-order valence-corrected chi connectivity index (χ3v) is 8.30. The summed E-state index contributed by atoms with van der Waals surface area (Å²) in [5.74, 6) is 0.234. The molecule has 0 radical (unpaired) electrons. The summed E-state index contributed by atoms with van der Waals surface area (Å²) in [6, 6.07) is 12.9. The average Bonchev–Trinajstić information content (AvgIpc) is 3.26. The molecule has 0 saturated carbocycles. The lowest BCUT2D eigenvalue weighted by atomic mass is 10.1. The summed E-state index contributed by atoms with van der Waals surface area (Å²) >= 11 is 13.0. The summed E-state index contributed by atoms with van der Waals surface area (Å²) in [4.78, 5) is 25.3.